The molecule has 0 radical (unpaired) electrons. The first-order chi connectivity index (χ1) is 9.11. The summed E-state index contributed by atoms with van der Waals surface area (Å²) in [6, 6.07) is 13.7. The first-order valence-electron chi connectivity index (χ1n) is 7.04. The van der Waals surface area contributed by atoms with Crippen LogP contribution in [-0.2, 0) is 6.42 Å². The lowest BCUT2D eigenvalue weighted by Gasteiger charge is -2.12. The van der Waals surface area contributed by atoms with Crippen LogP contribution in [0, 0.1) is 20.8 Å². The van der Waals surface area contributed by atoms with Crippen LogP contribution in [0.1, 0.15) is 29.2 Å². The molecule has 0 fully saturated rings. The van der Waals surface area contributed by atoms with Crippen LogP contribution in [0.3, 0.4) is 0 Å². The summed E-state index contributed by atoms with van der Waals surface area (Å²) in [6.07, 6.45) is 1.10. The van der Waals surface area contributed by atoms with E-state index in [2.05, 4.69) is 64.1 Å². The van der Waals surface area contributed by atoms with Crippen molar-refractivity contribution in [1.29, 1.82) is 0 Å². The Bertz CT molecular complexity index is 779. The predicted molar refractivity (Wildman–Crippen MR) is 85.0 cm³/mol. The molecule has 3 rings (SSSR count). The summed E-state index contributed by atoms with van der Waals surface area (Å²) in [4.78, 5) is 0. The highest BCUT2D eigenvalue weighted by Gasteiger charge is 2.07. The lowest BCUT2D eigenvalue weighted by Crippen LogP contribution is -1.90. The van der Waals surface area contributed by atoms with Crippen molar-refractivity contribution in [3.05, 3.63) is 58.7 Å². The highest BCUT2D eigenvalue weighted by atomic mass is 14.1. The fourth-order valence-corrected chi connectivity index (χ4v) is 3.05. The van der Waals surface area contributed by atoms with Crippen LogP contribution >= 0.6 is 0 Å². The Morgan fingerprint density at radius 1 is 0.684 bits per heavy atom. The standard InChI is InChI=1S/C19H20/c1-5-16-12(2)6-8-18-17(16)9-7-15-10-13(3)14(4)11-19(15)18/h6-11H,5H2,1-4H3. The Hall–Kier alpha value is -1.82. The first kappa shape index (κ1) is 12.2. The van der Waals surface area contributed by atoms with Gasteiger partial charge in [0.05, 0.1) is 0 Å². The van der Waals surface area contributed by atoms with E-state index in [1.165, 1.54) is 43.8 Å². The Balaban J connectivity index is 2.50. The topological polar surface area (TPSA) is 0 Å². The lowest BCUT2D eigenvalue weighted by atomic mass is 9.92. The zero-order chi connectivity index (χ0) is 13.6. The van der Waals surface area contributed by atoms with Gasteiger partial charge in [-0.25, -0.2) is 0 Å². The summed E-state index contributed by atoms with van der Waals surface area (Å²) in [5, 5.41) is 5.54. The van der Waals surface area contributed by atoms with Crippen LogP contribution in [0.4, 0.5) is 0 Å². The van der Waals surface area contributed by atoms with Gasteiger partial charge in [-0.3, -0.25) is 0 Å². The number of hydrogen-bond donors (Lipinski definition) is 0. The van der Waals surface area contributed by atoms with Gasteiger partial charge < -0.3 is 0 Å². The minimum absolute atomic E-state index is 1.10. The molecule has 0 unspecified atom stereocenters. The molecule has 0 spiro atoms. The molecule has 19 heavy (non-hydrogen) atoms. The number of aryl methyl sites for hydroxylation is 4. The zero-order valence-electron chi connectivity index (χ0n) is 12.2. The number of fused-ring (bicyclic) bond motifs is 3. The minimum atomic E-state index is 1.10. The highest BCUT2D eigenvalue weighted by Crippen LogP contribution is 2.31. The fourth-order valence-electron chi connectivity index (χ4n) is 3.05. The van der Waals surface area contributed by atoms with E-state index >= 15 is 0 Å². The molecule has 3 aromatic carbocycles. The highest BCUT2D eigenvalue weighted by molar-refractivity contribution is 6.09. The summed E-state index contributed by atoms with van der Waals surface area (Å²) in [5.74, 6) is 0. The molecule has 0 amide bonds. The van der Waals surface area contributed by atoms with E-state index in [0.717, 1.165) is 6.42 Å². The molecule has 96 valence electrons. The van der Waals surface area contributed by atoms with Gasteiger partial charge in [-0.15, -0.1) is 0 Å². The van der Waals surface area contributed by atoms with Gasteiger partial charge in [0.25, 0.3) is 0 Å². The minimum Gasteiger partial charge on any atom is -0.0613 e. The summed E-state index contributed by atoms with van der Waals surface area (Å²) >= 11 is 0. The molecule has 0 aliphatic heterocycles. The smallest absolute Gasteiger partial charge is 0.0102 e. The predicted octanol–water partition coefficient (Wildman–Crippen LogP) is 5.48. The summed E-state index contributed by atoms with van der Waals surface area (Å²) in [6.45, 7) is 8.84. The largest absolute Gasteiger partial charge is 0.0613 e. The molecule has 0 nitrogen and oxygen atoms in total. The molecule has 0 aliphatic carbocycles. The van der Waals surface area contributed by atoms with Crippen molar-refractivity contribution in [1.82, 2.24) is 0 Å². The fraction of sp³-hybridized carbons (Fsp3) is 0.263. The van der Waals surface area contributed by atoms with Crippen LogP contribution in [0.2, 0.25) is 0 Å². The number of rotatable bonds is 1. The maximum atomic E-state index is 2.34. The molecular formula is C19H20. The molecule has 0 bridgehead atoms. The van der Waals surface area contributed by atoms with Crippen LogP contribution in [0.5, 0.6) is 0 Å². The van der Waals surface area contributed by atoms with Gasteiger partial charge in [0.2, 0.25) is 0 Å². The van der Waals surface area contributed by atoms with E-state index < -0.39 is 0 Å². The van der Waals surface area contributed by atoms with Gasteiger partial charge >= 0.3 is 0 Å². The molecule has 0 aliphatic rings. The normalized spacial score (nSPS) is 11.4. The van der Waals surface area contributed by atoms with Gasteiger partial charge in [0.15, 0.2) is 0 Å². The molecule has 0 N–H and O–H groups in total. The Morgan fingerprint density at radius 3 is 2.11 bits per heavy atom. The van der Waals surface area contributed by atoms with E-state index in [1.54, 1.807) is 0 Å². The second-order valence-electron chi connectivity index (χ2n) is 5.53. The van der Waals surface area contributed by atoms with Gasteiger partial charge in [0.1, 0.15) is 0 Å². The SMILES string of the molecule is CCc1c(C)ccc2c1ccc1cc(C)c(C)cc12. The van der Waals surface area contributed by atoms with Crippen molar-refractivity contribution < 1.29 is 0 Å². The van der Waals surface area contributed by atoms with Crippen LogP contribution in [0.15, 0.2) is 36.4 Å². The first-order valence-corrected chi connectivity index (χ1v) is 7.04. The molecule has 0 saturated carbocycles. The van der Waals surface area contributed by atoms with E-state index in [1.807, 2.05) is 0 Å². The second kappa shape index (κ2) is 4.38. The zero-order valence-corrected chi connectivity index (χ0v) is 12.2. The average molecular weight is 248 g/mol. The van der Waals surface area contributed by atoms with E-state index in [0.29, 0.717) is 0 Å². The second-order valence-corrected chi connectivity index (χ2v) is 5.53. The average Bonchev–Trinajstić information content (AvgIpc) is 2.40. The molecule has 0 aromatic heterocycles. The Labute approximate surface area is 115 Å². The molecule has 0 atom stereocenters. The van der Waals surface area contributed by atoms with Gasteiger partial charge in [-0.1, -0.05) is 43.3 Å². The monoisotopic (exact) mass is 248 g/mol. The van der Waals surface area contributed by atoms with Gasteiger partial charge in [0, 0.05) is 0 Å². The van der Waals surface area contributed by atoms with Crippen LogP contribution in [0.25, 0.3) is 21.5 Å². The van der Waals surface area contributed by atoms with E-state index in [-0.39, 0.29) is 0 Å². The molecule has 3 aromatic rings. The number of hydrogen-bond acceptors (Lipinski definition) is 0. The molecular weight excluding hydrogens is 228 g/mol. The summed E-state index contributed by atoms with van der Waals surface area (Å²) in [5.41, 5.74) is 5.63. The maximum Gasteiger partial charge on any atom is -0.0102 e. The molecule has 0 heterocycles. The van der Waals surface area contributed by atoms with Crippen LogP contribution < -0.4 is 0 Å². The van der Waals surface area contributed by atoms with Crippen molar-refractivity contribution >= 4 is 21.5 Å². The van der Waals surface area contributed by atoms with Crippen molar-refractivity contribution in [3.8, 4) is 0 Å². The van der Waals surface area contributed by atoms with Gasteiger partial charge in [-0.05, 0) is 71.0 Å². The Kier molecular flexibility index (Phi) is 2.82. The quantitative estimate of drug-likeness (QED) is 0.500. The summed E-state index contributed by atoms with van der Waals surface area (Å²) < 4.78 is 0. The van der Waals surface area contributed by atoms with Crippen molar-refractivity contribution in [2.24, 2.45) is 0 Å². The lowest BCUT2D eigenvalue weighted by molar-refractivity contribution is 1.13. The van der Waals surface area contributed by atoms with Crippen LogP contribution in [-0.4, -0.2) is 0 Å². The number of benzene rings is 3. The van der Waals surface area contributed by atoms with E-state index in [4.69, 9.17) is 0 Å². The van der Waals surface area contributed by atoms with Gasteiger partial charge in [-0.2, -0.15) is 0 Å². The molecule has 0 heteroatoms. The third-order valence-electron chi connectivity index (χ3n) is 4.33. The third-order valence-corrected chi connectivity index (χ3v) is 4.33. The van der Waals surface area contributed by atoms with Crippen molar-refractivity contribution in [2.75, 3.05) is 0 Å². The van der Waals surface area contributed by atoms with Crippen molar-refractivity contribution in [2.45, 2.75) is 34.1 Å². The van der Waals surface area contributed by atoms with E-state index in [9.17, 15) is 0 Å². The Morgan fingerprint density at radius 2 is 1.37 bits per heavy atom. The van der Waals surface area contributed by atoms with Crippen molar-refractivity contribution in [3.63, 3.8) is 0 Å². The third kappa shape index (κ3) is 1.83. The summed E-state index contributed by atoms with van der Waals surface area (Å²) in [7, 11) is 0. The maximum absolute atomic E-state index is 2.34. The molecule has 0 saturated heterocycles.